The number of rotatable bonds is 2. The lowest BCUT2D eigenvalue weighted by molar-refractivity contribution is 0.135. The van der Waals surface area contributed by atoms with Gasteiger partial charge in [-0.05, 0) is 31.7 Å². The molecular weight excluding hydrogens is 136 g/mol. The summed E-state index contributed by atoms with van der Waals surface area (Å²) in [6.07, 6.45) is 1.87. The summed E-state index contributed by atoms with van der Waals surface area (Å²) in [4.78, 5) is 8.42. The van der Waals surface area contributed by atoms with Crippen molar-refractivity contribution in [1.82, 2.24) is 0 Å². The van der Waals surface area contributed by atoms with Crippen molar-refractivity contribution >= 4 is 12.9 Å². The molecule has 0 bridgehead atoms. The van der Waals surface area contributed by atoms with E-state index >= 15 is 0 Å². The van der Waals surface area contributed by atoms with E-state index in [1.807, 2.05) is 13.1 Å². The Hall–Kier alpha value is -0.660. The molecular formula is C9H16N2. The van der Waals surface area contributed by atoms with Gasteiger partial charge in [0.25, 0.3) is 0 Å². The highest BCUT2D eigenvalue weighted by molar-refractivity contribution is 5.54. The molecule has 1 aliphatic carbocycles. The fraction of sp³-hybridized carbons (Fsp3) is 0.778. The first-order chi connectivity index (χ1) is 5.22. The molecule has 0 radical (unpaired) electrons. The van der Waals surface area contributed by atoms with Crippen LogP contribution in [-0.2, 0) is 0 Å². The topological polar surface area (TPSA) is 24.7 Å². The molecule has 0 spiro atoms. The molecule has 0 amide bonds. The van der Waals surface area contributed by atoms with Gasteiger partial charge >= 0.3 is 0 Å². The van der Waals surface area contributed by atoms with E-state index in [2.05, 4.69) is 30.5 Å². The largest absolute Gasteiger partial charge is 0.295 e. The van der Waals surface area contributed by atoms with Gasteiger partial charge in [0, 0.05) is 0 Å². The molecule has 1 saturated carbocycles. The second-order valence-corrected chi connectivity index (χ2v) is 3.29. The minimum absolute atomic E-state index is 0.362. The number of hydrogen-bond donors (Lipinski definition) is 0. The first-order valence-electron chi connectivity index (χ1n) is 4.16. The highest BCUT2D eigenvalue weighted by Gasteiger charge is 2.44. The Morgan fingerprint density at radius 2 is 1.73 bits per heavy atom. The maximum Gasteiger partial charge on any atom is 0.0750 e. The van der Waals surface area contributed by atoms with Crippen LogP contribution in [0.1, 0.15) is 20.8 Å². The van der Waals surface area contributed by atoms with Gasteiger partial charge in [-0.3, -0.25) is 9.98 Å². The predicted octanol–water partition coefficient (Wildman–Crippen LogP) is 1.80. The fourth-order valence-corrected chi connectivity index (χ4v) is 1.77. The lowest BCUT2D eigenvalue weighted by Gasteiger charge is -2.44. The molecule has 1 fully saturated rings. The van der Waals surface area contributed by atoms with Gasteiger partial charge in [0.05, 0.1) is 12.1 Å². The Bertz CT molecular complexity index is 174. The van der Waals surface area contributed by atoms with Gasteiger partial charge < -0.3 is 0 Å². The third-order valence-electron chi connectivity index (χ3n) is 2.79. The molecule has 62 valence electrons. The van der Waals surface area contributed by atoms with Crippen LogP contribution in [0.3, 0.4) is 0 Å². The summed E-state index contributed by atoms with van der Waals surface area (Å²) in [5, 5.41) is 0. The zero-order valence-corrected chi connectivity index (χ0v) is 7.49. The second-order valence-electron chi connectivity index (χ2n) is 3.29. The third kappa shape index (κ3) is 1.22. The van der Waals surface area contributed by atoms with Crippen LogP contribution in [0, 0.1) is 11.8 Å². The third-order valence-corrected chi connectivity index (χ3v) is 2.79. The smallest absolute Gasteiger partial charge is 0.0750 e. The van der Waals surface area contributed by atoms with Crippen LogP contribution in [0.25, 0.3) is 0 Å². The Labute approximate surface area is 68.4 Å². The van der Waals surface area contributed by atoms with Crippen LogP contribution in [0.2, 0.25) is 0 Å². The van der Waals surface area contributed by atoms with Crippen molar-refractivity contribution < 1.29 is 0 Å². The van der Waals surface area contributed by atoms with E-state index < -0.39 is 0 Å². The van der Waals surface area contributed by atoms with Gasteiger partial charge in [-0.2, -0.15) is 0 Å². The number of hydrogen-bond acceptors (Lipinski definition) is 2. The Morgan fingerprint density at radius 1 is 1.18 bits per heavy atom. The van der Waals surface area contributed by atoms with Gasteiger partial charge in [-0.1, -0.05) is 13.8 Å². The molecule has 1 aliphatic rings. The molecule has 0 aromatic heterocycles. The summed E-state index contributed by atoms with van der Waals surface area (Å²) >= 11 is 0. The molecule has 0 saturated heterocycles. The summed E-state index contributed by atoms with van der Waals surface area (Å²) in [6.45, 7) is 9.97. The minimum Gasteiger partial charge on any atom is -0.295 e. The van der Waals surface area contributed by atoms with E-state index in [0.717, 1.165) is 0 Å². The quantitative estimate of drug-likeness (QED) is 0.539. The standard InChI is InChI=1S/C9H16N2/c1-5-11-9-7(3)6(2)8(9)10-4/h5-9H,4H2,1-3H3/b11-5-/t6?,7?,8?,9-/m0/s1. The average molecular weight is 152 g/mol. The Kier molecular flexibility index (Phi) is 2.42. The molecule has 0 aliphatic heterocycles. The van der Waals surface area contributed by atoms with E-state index in [4.69, 9.17) is 0 Å². The van der Waals surface area contributed by atoms with E-state index in [-0.39, 0.29) is 0 Å². The summed E-state index contributed by atoms with van der Waals surface area (Å²) in [5.41, 5.74) is 0. The van der Waals surface area contributed by atoms with Crippen LogP contribution in [0.5, 0.6) is 0 Å². The Balaban J connectivity index is 2.59. The van der Waals surface area contributed by atoms with Gasteiger partial charge in [0.1, 0.15) is 0 Å². The van der Waals surface area contributed by atoms with Crippen LogP contribution in [0.4, 0.5) is 0 Å². The van der Waals surface area contributed by atoms with Crippen molar-refractivity contribution in [2.45, 2.75) is 32.9 Å². The van der Waals surface area contributed by atoms with Crippen LogP contribution < -0.4 is 0 Å². The van der Waals surface area contributed by atoms with Crippen LogP contribution in [0.15, 0.2) is 9.98 Å². The first-order valence-corrected chi connectivity index (χ1v) is 4.16. The zero-order chi connectivity index (χ0) is 8.43. The van der Waals surface area contributed by atoms with Gasteiger partial charge in [-0.15, -0.1) is 0 Å². The van der Waals surface area contributed by atoms with Gasteiger partial charge in [0.2, 0.25) is 0 Å². The molecule has 0 heterocycles. The Morgan fingerprint density at radius 3 is 2.18 bits per heavy atom. The highest BCUT2D eigenvalue weighted by Crippen LogP contribution is 2.38. The normalized spacial score (nSPS) is 43.9. The van der Waals surface area contributed by atoms with Gasteiger partial charge in [0.15, 0.2) is 0 Å². The van der Waals surface area contributed by atoms with E-state index in [1.165, 1.54) is 0 Å². The fourth-order valence-electron chi connectivity index (χ4n) is 1.77. The monoisotopic (exact) mass is 152 g/mol. The van der Waals surface area contributed by atoms with E-state index in [9.17, 15) is 0 Å². The minimum atomic E-state index is 0.362. The van der Waals surface area contributed by atoms with Crippen LogP contribution in [-0.4, -0.2) is 25.0 Å². The number of nitrogens with zero attached hydrogens (tertiary/aromatic N) is 2. The van der Waals surface area contributed by atoms with E-state index in [1.54, 1.807) is 0 Å². The van der Waals surface area contributed by atoms with E-state index in [0.29, 0.717) is 23.9 Å². The number of aliphatic imine (C=N–C) groups is 2. The molecule has 2 nitrogen and oxygen atoms in total. The van der Waals surface area contributed by atoms with Crippen molar-refractivity contribution in [1.29, 1.82) is 0 Å². The lowest BCUT2D eigenvalue weighted by atomic mass is 9.67. The summed E-state index contributed by atoms with van der Waals surface area (Å²) < 4.78 is 0. The van der Waals surface area contributed by atoms with Crippen molar-refractivity contribution in [3.63, 3.8) is 0 Å². The van der Waals surface area contributed by atoms with Crippen molar-refractivity contribution in [3.05, 3.63) is 0 Å². The highest BCUT2D eigenvalue weighted by atomic mass is 15.0. The molecule has 0 aromatic carbocycles. The average Bonchev–Trinajstić information content (AvgIpc) is 2.04. The van der Waals surface area contributed by atoms with Crippen molar-refractivity contribution in [2.75, 3.05) is 0 Å². The van der Waals surface area contributed by atoms with Gasteiger partial charge in [-0.25, -0.2) is 0 Å². The zero-order valence-electron chi connectivity index (χ0n) is 7.49. The van der Waals surface area contributed by atoms with Crippen molar-refractivity contribution in [2.24, 2.45) is 21.8 Å². The summed E-state index contributed by atoms with van der Waals surface area (Å²) in [5.74, 6) is 1.32. The molecule has 4 atom stereocenters. The maximum atomic E-state index is 4.35. The first kappa shape index (κ1) is 8.44. The SMILES string of the molecule is C=NC1C(C)C(C)[C@@H]1/N=C\C. The molecule has 1 rings (SSSR count). The molecule has 3 unspecified atom stereocenters. The molecule has 0 N–H and O–H groups in total. The van der Waals surface area contributed by atoms with Crippen LogP contribution >= 0.6 is 0 Å². The molecule has 11 heavy (non-hydrogen) atoms. The van der Waals surface area contributed by atoms with Crippen molar-refractivity contribution in [3.8, 4) is 0 Å². The molecule has 0 aromatic rings. The molecule has 2 heteroatoms. The maximum absolute atomic E-state index is 4.35. The summed E-state index contributed by atoms with van der Waals surface area (Å²) in [7, 11) is 0. The predicted molar refractivity (Wildman–Crippen MR) is 49.6 cm³/mol. The lowest BCUT2D eigenvalue weighted by Crippen LogP contribution is -2.50. The summed E-state index contributed by atoms with van der Waals surface area (Å²) in [6, 6.07) is 0.758. The second kappa shape index (κ2) is 3.16.